The second-order valence-electron chi connectivity index (χ2n) is 6.51. The summed E-state index contributed by atoms with van der Waals surface area (Å²) in [5.41, 5.74) is 3.33. The molecule has 3 heterocycles. The number of aryl methyl sites for hydroxylation is 3. The summed E-state index contributed by atoms with van der Waals surface area (Å²) in [6, 6.07) is 9.77. The van der Waals surface area contributed by atoms with Gasteiger partial charge in [0, 0.05) is 38.0 Å². The highest BCUT2D eigenvalue weighted by atomic mass is 16.2. The molecule has 0 radical (unpaired) electrons. The van der Waals surface area contributed by atoms with Gasteiger partial charge in [-0.1, -0.05) is 6.07 Å². The Morgan fingerprint density at radius 1 is 1.23 bits per heavy atom. The molecule has 0 aliphatic heterocycles. The molecule has 0 atom stereocenters. The zero-order valence-electron chi connectivity index (χ0n) is 14.8. The third kappa shape index (κ3) is 2.57. The van der Waals surface area contributed by atoms with Gasteiger partial charge in [-0.3, -0.25) is 19.4 Å². The SMILES string of the molecule is Cc1cc(C(=O)NCc2ccc3c(ccn3C)c2)c2c(=O)[nH]n(C)c2n1. The number of H-pyrrole nitrogens is 1. The number of nitrogens with zero attached hydrogens (tertiary/aromatic N) is 3. The van der Waals surface area contributed by atoms with Gasteiger partial charge in [-0.15, -0.1) is 0 Å². The van der Waals surface area contributed by atoms with Gasteiger partial charge in [-0.25, -0.2) is 4.98 Å². The van der Waals surface area contributed by atoms with Crippen molar-refractivity contribution in [3.05, 3.63) is 63.7 Å². The Balaban J connectivity index is 1.63. The fraction of sp³-hybridized carbons (Fsp3) is 0.211. The smallest absolute Gasteiger partial charge is 0.274 e. The highest BCUT2D eigenvalue weighted by molar-refractivity contribution is 6.05. The van der Waals surface area contributed by atoms with E-state index in [1.807, 2.05) is 31.4 Å². The molecule has 0 aliphatic rings. The number of carbonyl (C=O) groups is 1. The van der Waals surface area contributed by atoms with Gasteiger partial charge in [0.1, 0.15) is 0 Å². The summed E-state index contributed by atoms with van der Waals surface area (Å²) in [6.07, 6.45) is 2.01. The van der Waals surface area contributed by atoms with E-state index in [0.717, 1.165) is 16.5 Å². The molecular formula is C19H19N5O2. The summed E-state index contributed by atoms with van der Waals surface area (Å²) in [5.74, 6) is -0.287. The number of amides is 1. The number of aromatic amines is 1. The van der Waals surface area contributed by atoms with Gasteiger partial charge in [-0.05, 0) is 42.1 Å². The molecule has 0 spiro atoms. The Kier molecular flexibility index (Phi) is 3.64. The molecule has 0 unspecified atom stereocenters. The summed E-state index contributed by atoms with van der Waals surface area (Å²) >= 11 is 0. The largest absolute Gasteiger partial charge is 0.351 e. The normalized spacial score (nSPS) is 11.3. The number of hydrogen-bond donors (Lipinski definition) is 2. The number of aromatic nitrogens is 4. The predicted molar refractivity (Wildman–Crippen MR) is 100 cm³/mol. The fourth-order valence-electron chi connectivity index (χ4n) is 3.28. The van der Waals surface area contributed by atoms with Gasteiger partial charge in [0.2, 0.25) is 0 Å². The van der Waals surface area contributed by atoms with E-state index in [9.17, 15) is 9.59 Å². The van der Waals surface area contributed by atoms with E-state index in [2.05, 4.69) is 26.0 Å². The van der Waals surface area contributed by atoms with Crippen LogP contribution in [0.4, 0.5) is 0 Å². The van der Waals surface area contributed by atoms with Crippen LogP contribution in [0.1, 0.15) is 21.6 Å². The Labute approximate surface area is 149 Å². The minimum absolute atomic E-state index is 0.287. The van der Waals surface area contributed by atoms with Gasteiger partial charge in [0.15, 0.2) is 5.65 Å². The topological polar surface area (TPSA) is 84.7 Å². The lowest BCUT2D eigenvalue weighted by Crippen LogP contribution is -2.24. The molecule has 4 rings (SSSR count). The van der Waals surface area contributed by atoms with E-state index >= 15 is 0 Å². The molecular weight excluding hydrogens is 330 g/mol. The molecule has 4 aromatic rings. The lowest BCUT2D eigenvalue weighted by molar-refractivity contribution is 0.0952. The summed E-state index contributed by atoms with van der Waals surface area (Å²) in [5, 5.41) is 7.00. The first-order valence-electron chi connectivity index (χ1n) is 8.32. The number of fused-ring (bicyclic) bond motifs is 2. The zero-order chi connectivity index (χ0) is 18.4. The highest BCUT2D eigenvalue weighted by Gasteiger charge is 2.17. The molecule has 1 amide bonds. The molecule has 26 heavy (non-hydrogen) atoms. The van der Waals surface area contributed by atoms with Crippen LogP contribution in [0.3, 0.4) is 0 Å². The van der Waals surface area contributed by atoms with Gasteiger partial charge in [0.05, 0.1) is 10.9 Å². The van der Waals surface area contributed by atoms with Crippen molar-refractivity contribution in [1.29, 1.82) is 0 Å². The second-order valence-corrected chi connectivity index (χ2v) is 6.51. The summed E-state index contributed by atoms with van der Waals surface area (Å²) < 4.78 is 3.58. The minimum Gasteiger partial charge on any atom is -0.351 e. The maximum absolute atomic E-state index is 12.7. The Morgan fingerprint density at radius 2 is 2.04 bits per heavy atom. The quantitative estimate of drug-likeness (QED) is 0.593. The fourth-order valence-corrected chi connectivity index (χ4v) is 3.28. The Morgan fingerprint density at radius 3 is 2.85 bits per heavy atom. The summed E-state index contributed by atoms with van der Waals surface area (Å²) in [7, 11) is 3.70. The van der Waals surface area contributed by atoms with Crippen LogP contribution in [0.15, 0.2) is 41.3 Å². The lowest BCUT2D eigenvalue weighted by atomic mass is 10.1. The van der Waals surface area contributed by atoms with Crippen molar-refractivity contribution in [2.24, 2.45) is 14.1 Å². The standard InChI is InChI=1S/C19H19N5O2/c1-11-8-14(16-17(21-11)24(3)22-19(16)26)18(25)20-10-12-4-5-15-13(9-12)6-7-23(15)2/h4-9H,10H2,1-3H3,(H,20,25)(H,22,26). The van der Waals surface area contributed by atoms with Crippen molar-refractivity contribution >= 4 is 27.8 Å². The number of hydrogen-bond acceptors (Lipinski definition) is 3. The highest BCUT2D eigenvalue weighted by Crippen LogP contribution is 2.17. The van der Waals surface area contributed by atoms with E-state index in [4.69, 9.17) is 0 Å². The average Bonchev–Trinajstić information content (AvgIpc) is 3.12. The third-order valence-electron chi connectivity index (χ3n) is 4.59. The van der Waals surface area contributed by atoms with Gasteiger partial charge >= 0.3 is 0 Å². The summed E-state index contributed by atoms with van der Waals surface area (Å²) in [4.78, 5) is 29.2. The first-order valence-corrected chi connectivity index (χ1v) is 8.32. The van der Waals surface area contributed by atoms with Crippen molar-refractivity contribution in [1.82, 2.24) is 24.6 Å². The predicted octanol–water partition coefficient (Wildman–Crippen LogP) is 1.99. The molecule has 0 fully saturated rings. The van der Waals surface area contributed by atoms with Crippen LogP contribution in [-0.2, 0) is 20.6 Å². The van der Waals surface area contributed by atoms with E-state index in [1.54, 1.807) is 20.0 Å². The zero-order valence-corrected chi connectivity index (χ0v) is 14.8. The maximum atomic E-state index is 12.7. The van der Waals surface area contributed by atoms with Crippen molar-refractivity contribution in [3.63, 3.8) is 0 Å². The van der Waals surface area contributed by atoms with Crippen LogP contribution in [-0.4, -0.2) is 25.2 Å². The van der Waals surface area contributed by atoms with Crippen molar-refractivity contribution < 1.29 is 4.79 Å². The van der Waals surface area contributed by atoms with Crippen LogP contribution < -0.4 is 10.9 Å². The number of rotatable bonds is 3. The minimum atomic E-state index is -0.314. The number of carbonyl (C=O) groups excluding carboxylic acids is 1. The van der Waals surface area contributed by atoms with E-state index < -0.39 is 0 Å². The van der Waals surface area contributed by atoms with Crippen molar-refractivity contribution in [2.45, 2.75) is 13.5 Å². The van der Waals surface area contributed by atoms with Crippen LogP contribution in [0.5, 0.6) is 0 Å². The van der Waals surface area contributed by atoms with Crippen LogP contribution in [0.25, 0.3) is 21.9 Å². The van der Waals surface area contributed by atoms with Crippen molar-refractivity contribution in [2.75, 3.05) is 0 Å². The number of benzene rings is 1. The van der Waals surface area contributed by atoms with E-state index in [0.29, 0.717) is 28.8 Å². The molecule has 0 saturated heterocycles. The van der Waals surface area contributed by atoms with Gasteiger partial charge in [0.25, 0.3) is 11.5 Å². The number of nitrogens with one attached hydrogen (secondary N) is 2. The monoisotopic (exact) mass is 349 g/mol. The average molecular weight is 349 g/mol. The molecule has 7 nitrogen and oxygen atoms in total. The number of pyridine rings is 1. The molecule has 0 saturated carbocycles. The maximum Gasteiger partial charge on any atom is 0.274 e. The first kappa shape index (κ1) is 16.1. The lowest BCUT2D eigenvalue weighted by Gasteiger charge is -2.08. The Hall–Kier alpha value is -3.35. The molecule has 0 bridgehead atoms. The molecule has 3 aromatic heterocycles. The molecule has 1 aromatic carbocycles. The van der Waals surface area contributed by atoms with Gasteiger partial charge < -0.3 is 9.88 Å². The van der Waals surface area contributed by atoms with Crippen LogP contribution >= 0.6 is 0 Å². The van der Waals surface area contributed by atoms with Gasteiger partial charge in [-0.2, -0.15) is 0 Å². The second kappa shape index (κ2) is 5.87. The first-order chi connectivity index (χ1) is 12.4. The molecule has 0 aliphatic carbocycles. The molecule has 132 valence electrons. The molecule has 7 heteroatoms. The Bertz CT molecular complexity index is 1210. The summed E-state index contributed by atoms with van der Waals surface area (Å²) in [6.45, 7) is 2.19. The van der Waals surface area contributed by atoms with Crippen LogP contribution in [0.2, 0.25) is 0 Å². The van der Waals surface area contributed by atoms with Crippen molar-refractivity contribution in [3.8, 4) is 0 Å². The van der Waals surface area contributed by atoms with E-state index in [1.165, 1.54) is 4.68 Å². The third-order valence-corrected chi connectivity index (χ3v) is 4.59. The van der Waals surface area contributed by atoms with Crippen LogP contribution in [0, 0.1) is 6.92 Å². The molecule has 2 N–H and O–H groups in total. The van der Waals surface area contributed by atoms with E-state index in [-0.39, 0.29) is 11.5 Å².